The summed E-state index contributed by atoms with van der Waals surface area (Å²) in [5.74, 6) is 123. The van der Waals surface area contributed by atoms with Crippen LogP contribution in [0.25, 0.3) is 0 Å². The van der Waals surface area contributed by atoms with Gasteiger partial charge in [0, 0.05) is 155 Å². The number of hydrogen-bond donors (Lipinski definition) is 1. The third-order valence-electron chi connectivity index (χ3n) is 7.93. The summed E-state index contributed by atoms with van der Waals surface area (Å²) in [5, 5.41) is 30.5. The molecule has 0 spiro atoms. The molecule has 450 valence electrons. The second-order valence-corrected chi connectivity index (χ2v) is 14.2. The molecular weight excluding hydrogens is 1240 g/mol. The van der Waals surface area contributed by atoms with Crippen molar-refractivity contribution >= 4 is 23.3 Å². The minimum absolute atomic E-state index is 0.268. The van der Waals surface area contributed by atoms with Gasteiger partial charge in [0.25, 0.3) is 11.4 Å². The zero-order valence-electron chi connectivity index (χ0n) is 49.9. The second-order valence-electron chi connectivity index (χ2n) is 14.2. The van der Waals surface area contributed by atoms with Gasteiger partial charge in [0.1, 0.15) is 0 Å². The fourth-order valence-corrected chi connectivity index (χ4v) is 4.33. The highest BCUT2D eigenvalue weighted by atomic mass is 19.3. The van der Waals surface area contributed by atoms with Crippen LogP contribution in [-0.4, -0.2) is 52.0 Å². The van der Waals surface area contributed by atoms with Crippen LogP contribution in [0.4, 0.5) is 33.3 Å². The number of nitro benzene ring substituents is 2. The summed E-state index contributed by atoms with van der Waals surface area (Å²) in [6.45, 7) is 3.74. The van der Waals surface area contributed by atoms with Gasteiger partial charge in [0.2, 0.25) is 0 Å². The summed E-state index contributed by atoms with van der Waals surface area (Å²) in [4.78, 5) is 41.3. The Bertz CT molecular complexity index is 5160. The number of aliphatic hydroxyl groups excluding tert-OH is 1. The van der Waals surface area contributed by atoms with Crippen LogP contribution >= 0.6 is 0 Å². The van der Waals surface area contributed by atoms with Gasteiger partial charge in [-0.1, -0.05) is 30.2 Å². The monoisotopic (exact) mass is 1270 g/mol. The van der Waals surface area contributed by atoms with E-state index in [0.29, 0.717) is 6.07 Å². The lowest BCUT2D eigenvalue weighted by Crippen LogP contribution is -2.37. The minimum Gasteiger partial charge on any atom is -0.461 e. The molecule has 2 aromatic carbocycles. The average Bonchev–Trinajstić information content (AvgIpc) is 0.842. The van der Waals surface area contributed by atoms with E-state index in [-0.39, 0.29) is 13.2 Å². The Morgan fingerprint density at radius 3 is 0.825 bits per heavy atom. The lowest BCUT2D eigenvalue weighted by molar-refractivity contribution is -0.385. The number of carbonyl (C=O) groups excluding carboxylic acids is 2. The lowest BCUT2D eigenvalue weighted by atomic mass is 10.0. The Balaban J connectivity index is 0. The maximum Gasteiger partial charge on any atom is 0.380 e. The minimum atomic E-state index is -4.40. The third-order valence-corrected chi connectivity index (χ3v) is 7.93. The van der Waals surface area contributed by atoms with Crippen LogP contribution in [0.15, 0.2) is 48.5 Å². The summed E-state index contributed by atoms with van der Waals surface area (Å²) >= 11 is 0. The first kappa shape index (κ1) is 82.1. The number of nitrogens with zero attached hydrogens (tertiary/aromatic N) is 2. The van der Waals surface area contributed by atoms with Crippen LogP contribution in [0.3, 0.4) is 0 Å². The molecule has 97 heavy (non-hydrogen) atoms. The van der Waals surface area contributed by atoms with Crippen molar-refractivity contribution < 1.29 is 56.0 Å². The molecule has 1 N–H and O–H groups in total. The van der Waals surface area contributed by atoms with Gasteiger partial charge < -0.3 is 14.6 Å². The Labute approximate surface area is 559 Å². The Morgan fingerprint density at radius 2 is 0.608 bits per heavy atom. The fourth-order valence-electron chi connectivity index (χ4n) is 4.33. The number of esters is 2. The molecule has 0 saturated carbocycles. The highest BCUT2D eigenvalue weighted by Crippen LogP contribution is 2.37. The van der Waals surface area contributed by atoms with Crippen molar-refractivity contribution in [1.82, 2.24) is 0 Å². The van der Waals surface area contributed by atoms with Gasteiger partial charge in [-0.05, 0) is 221 Å². The lowest BCUT2D eigenvalue weighted by Gasteiger charge is -2.20. The molecule has 2 unspecified atom stereocenters. The number of alkyl halides is 5. The summed E-state index contributed by atoms with van der Waals surface area (Å²) < 4.78 is 75.7. The van der Waals surface area contributed by atoms with Gasteiger partial charge >= 0.3 is 23.8 Å². The molecule has 16 heteroatoms. The van der Waals surface area contributed by atoms with Crippen LogP contribution in [0.2, 0.25) is 0 Å². The zero-order valence-corrected chi connectivity index (χ0v) is 49.9. The standard InChI is InChI=1S/C30H2.C29H4.C11H10F3NO4.C11H11F2NO5/c1-3-5-7-9-11-13-15-17-19-21-23-25-27-29-30-28-26-24-22-20-18-16-14-12-10-8-6-4-2;1-3-5-7-9-11-13-15-17-19-21-23-25-27-29-28-26-24-22-20-18-16-14-12-10-8-6-4-2;1-2-19-10(16)11(13,14)9(12)7-4-3-5-8(6-7)15(17)18;1-2-19-10(16)11(12,13)9(15)7-4-3-5-8(6-7)14(17)18/h1-2H;1H,2H3;3-6,9H,2H2,1H3;3-6,9,15H,2H2,1H3. The van der Waals surface area contributed by atoms with Crippen LogP contribution < -0.4 is 0 Å². The smallest absolute Gasteiger partial charge is 0.380 e. The predicted octanol–water partition coefficient (Wildman–Crippen LogP) is 5.61. The van der Waals surface area contributed by atoms with E-state index in [0.717, 1.165) is 42.5 Å². The van der Waals surface area contributed by atoms with Crippen LogP contribution in [-0.2, 0) is 19.1 Å². The molecule has 11 nitrogen and oxygen atoms in total. The van der Waals surface area contributed by atoms with Gasteiger partial charge in [-0.3, -0.25) is 20.2 Å². The highest BCUT2D eigenvalue weighted by molar-refractivity contribution is 5.79. The van der Waals surface area contributed by atoms with Crippen molar-refractivity contribution in [2.24, 2.45) is 0 Å². The van der Waals surface area contributed by atoms with E-state index < -0.39 is 68.4 Å². The van der Waals surface area contributed by atoms with E-state index >= 15 is 0 Å². The largest absolute Gasteiger partial charge is 0.461 e. The molecule has 0 amide bonds. The van der Waals surface area contributed by atoms with Crippen molar-refractivity contribution in [1.29, 1.82) is 0 Å². The van der Waals surface area contributed by atoms with Crippen molar-refractivity contribution in [3.05, 3.63) is 79.9 Å². The van der Waals surface area contributed by atoms with Gasteiger partial charge in [0.15, 0.2) is 12.3 Å². The van der Waals surface area contributed by atoms with E-state index in [2.05, 4.69) is 335 Å². The van der Waals surface area contributed by atoms with Gasteiger partial charge in [-0.25, -0.2) is 14.0 Å². The topological polar surface area (TPSA) is 159 Å². The molecule has 2 rings (SSSR count). The Hall–Kier alpha value is -17.0. The molecule has 0 heterocycles. The number of carbonyl (C=O) groups is 2. The normalized spacial score (nSPS) is 7.36. The second kappa shape index (κ2) is 56.8. The number of ether oxygens (including phenoxy) is 2. The number of non-ortho nitro benzene ring substituents is 2. The first-order chi connectivity index (χ1) is 46.9. The Kier molecular flexibility index (Phi) is 48.1. The maximum absolute atomic E-state index is 13.7. The van der Waals surface area contributed by atoms with Gasteiger partial charge in [0.05, 0.1) is 23.1 Å². The Morgan fingerprint density at radius 1 is 0.402 bits per heavy atom. The van der Waals surface area contributed by atoms with Crippen molar-refractivity contribution in [2.75, 3.05) is 13.2 Å². The summed E-state index contributed by atoms with van der Waals surface area (Å²) in [5.41, 5.74) is -2.10. The number of nitro groups is 2. The predicted molar refractivity (Wildman–Crippen MR) is 353 cm³/mol. The molecule has 0 aromatic heterocycles. The number of terminal acetylenes is 3. The molecule has 0 aliphatic heterocycles. The average molecular weight is 1270 g/mol. The van der Waals surface area contributed by atoms with Gasteiger partial charge in [-0.2, -0.15) is 17.6 Å². The molecular formula is C81H27F5N2O9. The van der Waals surface area contributed by atoms with E-state index in [1.54, 1.807) is 6.92 Å². The molecule has 0 aliphatic carbocycles. The summed E-state index contributed by atoms with van der Waals surface area (Å²) in [6.07, 6.45) is 9.23. The third kappa shape index (κ3) is 45.0. The number of aliphatic hydroxyl groups is 1. The summed E-state index contributed by atoms with van der Waals surface area (Å²) in [7, 11) is 0. The van der Waals surface area contributed by atoms with E-state index in [1.165, 1.54) is 13.8 Å². The fraction of sp³-hybridized carbons (Fsp3) is 0.111. The maximum atomic E-state index is 13.7. The molecule has 0 aliphatic rings. The number of rotatable bonds is 10. The molecule has 2 atom stereocenters. The molecule has 0 radical (unpaired) electrons. The number of benzene rings is 2. The quantitative estimate of drug-likeness (QED) is 0.105. The van der Waals surface area contributed by atoms with E-state index in [9.17, 15) is 56.9 Å². The SMILES string of the molecule is C#CC#CC#CC#CC#CC#CC#CC#CC#CC#CC#CC#CC#CC#CC.C#CC#CC#CC#CC#CC#CC#CC#CC#CC#CC#CC#CC#CC#CC#C.CCOC(=O)C(F)(F)C(F)c1cccc([N+](=O)[O-])c1.CCOC(=O)C(F)(F)C(O)c1cccc([N+](=O)[O-])c1. The van der Waals surface area contributed by atoms with Crippen LogP contribution in [0, 0.1) is 365 Å². The summed E-state index contributed by atoms with van der Waals surface area (Å²) in [6, 6.07) is 7.72. The van der Waals surface area contributed by atoms with E-state index in [4.69, 9.17) is 19.3 Å². The van der Waals surface area contributed by atoms with Crippen molar-refractivity contribution in [2.45, 2.75) is 44.9 Å². The van der Waals surface area contributed by atoms with Crippen LogP contribution in [0.5, 0.6) is 0 Å². The van der Waals surface area contributed by atoms with E-state index in [1.807, 2.05) is 0 Å². The van der Waals surface area contributed by atoms with Crippen LogP contribution in [0.1, 0.15) is 44.2 Å². The highest BCUT2D eigenvalue weighted by Gasteiger charge is 2.51. The number of hydrogen-bond acceptors (Lipinski definition) is 9. The number of halogens is 5. The molecule has 0 fully saturated rings. The van der Waals surface area contributed by atoms with Gasteiger partial charge in [-0.15, -0.1) is 19.3 Å². The van der Waals surface area contributed by atoms with Crippen molar-refractivity contribution in [3.63, 3.8) is 0 Å². The van der Waals surface area contributed by atoms with Crippen molar-refractivity contribution in [3.8, 4) is 345 Å². The molecule has 0 saturated heterocycles. The molecule has 0 bridgehead atoms. The first-order valence-corrected chi connectivity index (χ1v) is 25.1. The zero-order chi connectivity index (χ0) is 72.1. The molecule has 2 aromatic rings. The first-order valence-electron chi connectivity index (χ1n) is 25.1.